The molecule has 0 spiro atoms. The van der Waals surface area contributed by atoms with E-state index < -0.39 is 6.04 Å². The zero-order valence-corrected chi connectivity index (χ0v) is 16.7. The maximum Gasteiger partial charge on any atom is 0.242 e. The molecule has 5 atom stereocenters. The predicted octanol–water partition coefficient (Wildman–Crippen LogP) is 4.10. The van der Waals surface area contributed by atoms with E-state index in [0.717, 1.165) is 11.8 Å². The van der Waals surface area contributed by atoms with Gasteiger partial charge in [0.2, 0.25) is 5.91 Å². The molecule has 3 rings (SSSR count). The van der Waals surface area contributed by atoms with Gasteiger partial charge in [0.1, 0.15) is 17.5 Å². The number of hydrogen-bond donors (Lipinski definition) is 2. The van der Waals surface area contributed by atoms with E-state index in [1.54, 1.807) is 26.4 Å². The van der Waals surface area contributed by atoms with Crippen LogP contribution in [0.2, 0.25) is 5.02 Å². The fraction of sp³-hybridized carbons (Fsp3) is 0.650. The summed E-state index contributed by atoms with van der Waals surface area (Å²) < 4.78 is 10.6. The largest absolute Gasteiger partial charge is 0.495 e. The van der Waals surface area contributed by atoms with E-state index in [9.17, 15) is 4.79 Å². The van der Waals surface area contributed by atoms with Gasteiger partial charge in [0.25, 0.3) is 0 Å². The molecule has 1 aromatic rings. The smallest absolute Gasteiger partial charge is 0.242 e. The first-order valence-corrected chi connectivity index (χ1v) is 9.79. The van der Waals surface area contributed by atoms with E-state index >= 15 is 0 Å². The standard InChI is InChI=1S/C20H29ClN2O3/c1-11(15-8-13-5-6-14(15)7-13)23-20(24)12(2)22-17-9-16(21)18(25-3)10-19(17)26-4/h9-15,22H,5-8H2,1-4H3,(H,23,24)/t11-,12-,13+,14+,15-/m1/s1. The first kappa shape index (κ1) is 19.2. The molecule has 1 aromatic carbocycles. The summed E-state index contributed by atoms with van der Waals surface area (Å²) in [5, 5.41) is 6.88. The summed E-state index contributed by atoms with van der Waals surface area (Å²) in [5.74, 6) is 3.41. The third kappa shape index (κ3) is 3.88. The van der Waals surface area contributed by atoms with Crippen LogP contribution in [0.25, 0.3) is 0 Å². The molecule has 0 saturated heterocycles. The van der Waals surface area contributed by atoms with Crippen LogP contribution in [0.3, 0.4) is 0 Å². The topological polar surface area (TPSA) is 59.6 Å². The van der Waals surface area contributed by atoms with Gasteiger partial charge in [-0.25, -0.2) is 0 Å². The van der Waals surface area contributed by atoms with Crippen molar-refractivity contribution >= 4 is 23.2 Å². The molecule has 26 heavy (non-hydrogen) atoms. The molecule has 2 saturated carbocycles. The number of halogens is 1. The minimum absolute atomic E-state index is 0.00531. The first-order valence-electron chi connectivity index (χ1n) is 9.41. The SMILES string of the molecule is COc1cc(OC)c(N[C@H](C)C(=O)N[C@H](C)[C@H]2C[C@H]3CC[C@H]2C3)cc1Cl. The lowest BCUT2D eigenvalue weighted by Crippen LogP contribution is -2.46. The number of nitrogens with one attached hydrogen (secondary N) is 2. The lowest BCUT2D eigenvalue weighted by Gasteiger charge is -2.29. The number of fused-ring (bicyclic) bond motifs is 2. The zero-order chi connectivity index (χ0) is 18.8. The average molecular weight is 381 g/mol. The molecule has 144 valence electrons. The Hall–Kier alpha value is -1.62. The Morgan fingerprint density at radius 3 is 2.46 bits per heavy atom. The lowest BCUT2D eigenvalue weighted by molar-refractivity contribution is -0.122. The second-order valence-corrected chi connectivity index (χ2v) is 8.10. The summed E-state index contributed by atoms with van der Waals surface area (Å²) in [4.78, 5) is 12.7. The van der Waals surface area contributed by atoms with Gasteiger partial charge in [-0.05, 0) is 56.9 Å². The van der Waals surface area contributed by atoms with E-state index in [1.165, 1.54) is 25.7 Å². The second-order valence-electron chi connectivity index (χ2n) is 7.69. The van der Waals surface area contributed by atoms with Crippen LogP contribution in [0.4, 0.5) is 5.69 Å². The highest BCUT2D eigenvalue weighted by molar-refractivity contribution is 6.32. The number of benzene rings is 1. The summed E-state index contributed by atoms with van der Waals surface area (Å²) in [6.45, 7) is 3.99. The van der Waals surface area contributed by atoms with Gasteiger partial charge in [0.15, 0.2) is 0 Å². The van der Waals surface area contributed by atoms with E-state index in [-0.39, 0.29) is 11.9 Å². The average Bonchev–Trinajstić information content (AvgIpc) is 3.25. The van der Waals surface area contributed by atoms with Gasteiger partial charge in [-0.15, -0.1) is 0 Å². The van der Waals surface area contributed by atoms with Crippen molar-refractivity contribution in [3.63, 3.8) is 0 Å². The summed E-state index contributed by atoms with van der Waals surface area (Å²) in [6.07, 6.45) is 5.30. The molecule has 2 aliphatic carbocycles. The Labute approximate surface area is 160 Å². The molecular formula is C20H29ClN2O3. The number of anilines is 1. The molecular weight excluding hydrogens is 352 g/mol. The number of amides is 1. The Kier molecular flexibility index (Phi) is 5.86. The molecule has 5 nitrogen and oxygen atoms in total. The Morgan fingerprint density at radius 1 is 1.15 bits per heavy atom. The fourth-order valence-electron chi connectivity index (χ4n) is 4.63. The minimum atomic E-state index is -0.394. The van der Waals surface area contributed by atoms with Crippen molar-refractivity contribution in [1.29, 1.82) is 0 Å². The molecule has 0 heterocycles. The molecule has 2 N–H and O–H groups in total. The Morgan fingerprint density at radius 2 is 1.88 bits per heavy atom. The van der Waals surface area contributed by atoms with Crippen LogP contribution < -0.4 is 20.1 Å². The van der Waals surface area contributed by atoms with E-state index in [1.807, 2.05) is 6.92 Å². The third-order valence-corrected chi connectivity index (χ3v) is 6.34. The predicted molar refractivity (Wildman–Crippen MR) is 104 cm³/mol. The van der Waals surface area contributed by atoms with Crippen LogP contribution in [0.1, 0.15) is 39.5 Å². The van der Waals surface area contributed by atoms with Crippen LogP contribution in [-0.2, 0) is 4.79 Å². The number of ether oxygens (including phenoxy) is 2. The first-order chi connectivity index (χ1) is 12.4. The van der Waals surface area contributed by atoms with Crippen molar-refractivity contribution in [3.05, 3.63) is 17.2 Å². The van der Waals surface area contributed by atoms with Crippen molar-refractivity contribution in [2.75, 3.05) is 19.5 Å². The summed E-state index contributed by atoms with van der Waals surface area (Å²) in [6, 6.07) is 3.26. The number of carbonyl (C=O) groups excluding carboxylic acids is 1. The maximum atomic E-state index is 12.7. The Bertz CT molecular complexity index is 667. The highest BCUT2D eigenvalue weighted by Crippen LogP contribution is 2.49. The van der Waals surface area contributed by atoms with Crippen LogP contribution in [0.5, 0.6) is 11.5 Å². The molecule has 0 radical (unpaired) electrons. The zero-order valence-electron chi connectivity index (χ0n) is 16.0. The van der Waals surface area contributed by atoms with Gasteiger partial charge in [-0.3, -0.25) is 4.79 Å². The summed E-state index contributed by atoms with van der Waals surface area (Å²) in [7, 11) is 3.14. The van der Waals surface area contributed by atoms with Crippen molar-refractivity contribution in [3.8, 4) is 11.5 Å². The highest BCUT2D eigenvalue weighted by Gasteiger charge is 2.42. The summed E-state index contributed by atoms with van der Waals surface area (Å²) in [5.41, 5.74) is 0.675. The van der Waals surface area contributed by atoms with Crippen molar-refractivity contribution in [2.45, 2.75) is 51.6 Å². The molecule has 2 bridgehead atoms. The van der Waals surface area contributed by atoms with Crippen LogP contribution >= 0.6 is 11.6 Å². The van der Waals surface area contributed by atoms with E-state index in [2.05, 4.69) is 17.6 Å². The molecule has 0 aromatic heterocycles. The number of rotatable bonds is 7. The van der Waals surface area contributed by atoms with Gasteiger partial charge in [-0.1, -0.05) is 18.0 Å². The number of methoxy groups -OCH3 is 2. The molecule has 6 heteroatoms. The van der Waals surface area contributed by atoms with Crippen molar-refractivity contribution < 1.29 is 14.3 Å². The quantitative estimate of drug-likeness (QED) is 0.747. The maximum absolute atomic E-state index is 12.7. The number of hydrogen-bond acceptors (Lipinski definition) is 4. The van der Waals surface area contributed by atoms with Crippen molar-refractivity contribution in [2.24, 2.45) is 17.8 Å². The highest BCUT2D eigenvalue weighted by atomic mass is 35.5. The summed E-state index contributed by atoms with van der Waals surface area (Å²) >= 11 is 6.21. The molecule has 0 unspecified atom stereocenters. The van der Waals surface area contributed by atoms with Gasteiger partial charge >= 0.3 is 0 Å². The Balaban J connectivity index is 1.61. The van der Waals surface area contributed by atoms with E-state index in [4.69, 9.17) is 21.1 Å². The van der Waals surface area contributed by atoms with Crippen molar-refractivity contribution in [1.82, 2.24) is 5.32 Å². The van der Waals surface area contributed by atoms with Crippen LogP contribution in [-0.4, -0.2) is 32.2 Å². The van der Waals surface area contributed by atoms with Gasteiger partial charge < -0.3 is 20.1 Å². The van der Waals surface area contributed by atoms with Gasteiger partial charge in [0.05, 0.1) is 24.9 Å². The second kappa shape index (κ2) is 7.95. The minimum Gasteiger partial charge on any atom is -0.495 e. The lowest BCUT2D eigenvalue weighted by atomic mass is 9.84. The molecule has 2 fully saturated rings. The number of carbonyl (C=O) groups is 1. The van der Waals surface area contributed by atoms with E-state index in [0.29, 0.717) is 28.1 Å². The molecule has 0 aliphatic heterocycles. The van der Waals surface area contributed by atoms with Crippen LogP contribution in [0.15, 0.2) is 12.1 Å². The monoisotopic (exact) mass is 380 g/mol. The van der Waals surface area contributed by atoms with Crippen LogP contribution in [0, 0.1) is 17.8 Å². The normalized spacial score (nSPS) is 26.3. The van der Waals surface area contributed by atoms with Gasteiger partial charge in [0, 0.05) is 12.1 Å². The third-order valence-electron chi connectivity index (χ3n) is 6.04. The fourth-order valence-corrected chi connectivity index (χ4v) is 4.88. The molecule has 2 aliphatic rings. The van der Waals surface area contributed by atoms with Gasteiger partial charge in [-0.2, -0.15) is 0 Å². The molecule has 1 amide bonds.